The summed E-state index contributed by atoms with van der Waals surface area (Å²) in [5.41, 5.74) is 4.03. The number of aliphatic imine (C=N–C) groups is 1. The van der Waals surface area contributed by atoms with E-state index in [2.05, 4.69) is 70.1 Å². The summed E-state index contributed by atoms with van der Waals surface area (Å²) in [6.45, 7) is 4.11. The Hall–Kier alpha value is -0.630. The number of nitrogens with zero attached hydrogens (tertiary/aromatic N) is 1. The highest BCUT2D eigenvalue weighted by atomic mass is 127. The molecular weight excluding hydrogens is 464 g/mol. The third-order valence-corrected chi connectivity index (χ3v) is 4.06. The molecule has 0 aliphatic heterocycles. The fourth-order valence-electron chi connectivity index (χ4n) is 1.85. The quantitative estimate of drug-likeness (QED) is 0.481. The molecule has 0 saturated carbocycles. The Kier molecular flexibility index (Phi) is 4.83. The maximum Gasteiger partial charge on any atom is 0.137 e. The summed E-state index contributed by atoms with van der Waals surface area (Å²) in [4.78, 5) is 4.45. The Morgan fingerprint density at radius 3 is 2.26 bits per heavy atom. The monoisotopic (exact) mass is 477 g/mol. The van der Waals surface area contributed by atoms with Crippen LogP contribution in [0.15, 0.2) is 35.3 Å². The molecule has 0 spiro atoms. The maximum atomic E-state index is 10.0. The van der Waals surface area contributed by atoms with E-state index in [0.29, 0.717) is 0 Å². The molecule has 98 valence electrons. The lowest BCUT2D eigenvalue weighted by Crippen LogP contribution is -1.88. The fourth-order valence-corrected chi connectivity index (χ4v) is 3.74. The zero-order valence-electron chi connectivity index (χ0n) is 10.6. The summed E-state index contributed by atoms with van der Waals surface area (Å²) in [5, 5.41) is 10.0. The van der Waals surface area contributed by atoms with Crippen molar-refractivity contribution in [2.24, 2.45) is 4.99 Å². The minimum absolute atomic E-state index is 0.286. The minimum Gasteiger partial charge on any atom is -0.506 e. The van der Waals surface area contributed by atoms with Gasteiger partial charge >= 0.3 is 0 Å². The molecule has 2 nitrogen and oxygen atoms in total. The molecule has 0 amide bonds. The topological polar surface area (TPSA) is 32.6 Å². The second-order valence-electron chi connectivity index (χ2n) is 4.43. The zero-order valence-corrected chi connectivity index (χ0v) is 14.9. The first-order valence-electron chi connectivity index (χ1n) is 5.76. The average Bonchev–Trinajstić information content (AvgIpc) is 2.30. The molecule has 0 atom stereocenters. The van der Waals surface area contributed by atoms with Crippen LogP contribution in [0, 0.1) is 21.0 Å². The van der Waals surface area contributed by atoms with Gasteiger partial charge in [0.1, 0.15) is 5.75 Å². The van der Waals surface area contributed by atoms with Crippen LogP contribution in [-0.2, 0) is 0 Å². The van der Waals surface area contributed by atoms with Crippen LogP contribution in [0.5, 0.6) is 5.75 Å². The largest absolute Gasteiger partial charge is 0.506 e. The van der Waals surface area contributed by atoms with Crippen molar-refractivity contribution in [3.05, 3.63) is 54.2 Å². The van der Waals surface area contributed by atoms with Gasteiger partial charge in [0.25, 0.3) is 0 Å². The molecule has 0 saturated heterocycles. The van der Waals surface area contributed by atoms with Gasteiger partial charge in [-0.05, 0) is 94.4 Å². The summed E-state index contributed by atoms with van der Waals surface area (Å²) in [5.74, 6) is 0.286. The van der Waals surface area contributed by atoms with Crippen LogP contribution in [0.4, 0.5) is 5.69 Å². The van der Waals surface area contributed by atoms with Crippen LogP contribution in [0.3, 0.4) is 0 Å². The molecule has 2 aromatic rings. The van der Waals surface area contributed by atoms with E-state index in [1.807, 2.05) is 24.3 Å². The van der Waals surface area contributed by atoms with E-state index in [9.17, 15) is 5.11 Å². The first-order chi connectivity index (χ1) is 8.95. The molecule has 2 rings (SSSR count). The lowest BCUT2D eigenvalue weighted by atomic mass is 10.1. The second-order valence-corrected chi connectivity index (χ2v) is 6.84. The van der Waals surface area contributed by atoms with E-state index in [0.717, 1.165) is 18.4 Å². The lowest BCUT2D eigenvalue weighted by molar-refractivity contribution is 0.470. The summed E-state index contributed by atoms with van der Waals surface area (Å²) in [6.07, 6.45) is 1.72. The van der Waals surface area contributed by atoms with Crippen molar-refractivity contribution in [3.63, 3.8) is 0 Å². The van der Waals surface area contributed by atoms with Gasteiger partial charge < -0.3 is 5.11 Å². The van der Waals surface area contributed by atoms with E-state index >= 15 is 0 Å². The van der Waals surface area contributed by atoms with E-state index in [-0.39, 0.29) is 5.75 Å². The van der Waals surface area contributed by atoms with Crippen molar-refractivity contribution in [1.29, 1.82) is 0 Å². The summed E-state index contributed by atoms with van der Waals surface area (Å²) < 4.78 is 1.92. The predicted octanol–water partition coefficient (Wildman–Crippen LogP) is 4.97. The summed E-state index contributed by atoms with van der Waals surface area (Å²) in [6, 6.07) is 10.0. The normalized spacial score (nSPS) is 11.2. The molecule has 1 N–H and O–H groups in total. The van der Waals surface area contributed by atoms with Gasteiger partial charge in [0.05, 0.1) is 9.26 Å². The van der Waals surface area contributed by atoms with E-state index < -0.39 is 0 Å². The van der Waals surface area contributed by atoms with Gasteiger partial charge in [-0.2, -0.15) is 0 Å². The Morgan fingerprint density at radius 2 is 1.63 bits per heavy atom. The van der Waals surface area contributed by atoms with Crippen molar-refractivity contribution in [3.8, 4) is 5.75 Å². The predicted molar refractivity (Wildman–Crippen MR) is 96.7 cm³/mol. The van der Waals surface area contributed by atoms with Gasteiger partial charge in [-0.1, -0.05) is 6.07 Å². The van der Waals surface area contributed by atoms with Gasteiger partial charge in [0.2, 0.25) is 0 Å². The SMILES string of the molecule is Cc1cc(C)cc(N=Cc2cc(I)cc(I)c2O)c1. The standard InChI is InChI=1S/C15H13I2NO/c1-9-3-10(2)5-13(4-9)18-8-11-6-12(16)7-14(17)15(11)19/h3-8,19H,1-2H3. The van der Waals surface area contributed by atoms with Crippen LogP contribution in [-0.4, -0.2) is 11.3 Å². The third-order valence-electron chi connectivity index (χ3n) is 2.62. The van der Waals surface area contributed by atoms with Crippen LogP contribution in [0.25, 0.3) is 0 Å². The fraction of sp³-hybridized carbons (Fsp3) is 0.133. The number of hydrogen-bond donors (Lipinski definition) is 1. The minimum atomic E-state index is 0.286. The van der Waals surface area contributed by atoms with Crippen LogP contribution in [0.1, 0.15) is 16.7 Å². The number of aryl methyl sites for hydroxylation is 2. The molecule has 0 aromatic heterocycles. The zero-order chi connectivity index (χ0) is 14.0. The van der Waals surface area contributed by atoms with Crippen LogP contribution in [0.2, 0.25) is 0 Å². The number of benzene rings is 2. The Bertz CT molecular complexity index is 631. The molecule has 19 heavy (non-hydrogen) atoms. The molecule has 0 aliphatic rings. The molecule has 0 bridgehead atoms. The van der Waals surface area contributed by atoms with Crippen LogP contribution < -0.4 is 0 Å². The van der Waals surface area contributed by atoms with Crippen molar-refractivity contribution < 1.29 is 5.11 Å². The average molecular weight is 477 g/mol. The van der Waals surface area contributed by atoms with Gasteiger partial charge in [-0.3, -0.25) is 4.99 Å². The number of hydrogen-bond acceptors (Lipinski definition) is 2. The van der Waals surface area contributed by atoms with Crippen molar-refractivity contribution in [1.82, 2.24) is 0 Å². The van der Waals surface area contributed by atoms with Gasteiger partial charge in [-0.25, -0.2) is 0 Å². The Balaban J connectivity index is 2.37. The van der Waals surface area contributed by atoms with Crippen molar-refractivity contribution in [2.75, 3.05) is 0 Å². The molecule has 0 fully saturated rings. The van der Waals surface area contributed by atoms with E-state index in [1.54, 1.807) is 6.21 Å². The molecule has 0 radical (unpaired) electrons. The Morgan fingerprint density at radius 1 is 1.00 bits per heavy atom. The van der Waals surface area contributed by atoms with E-state index in [1.165, 1.54) is 11.1 Å². The molecule has 4 heteroatoms. The smallest absolute Gasteiger partial charge is 0.137 e. The number of phenolic OH excluding ortho intramolecular Hbond substituents is 1. The van der Waals surface area contributed by atoms with Crippen molar-refractivity contribution in [2.45, 2.75) is 13.8 Å². The van der Waals surface area contributed by atoms with Gasteiger partial charge in [0, 0.05) is 15.3 Å². The number of halogens is 2. The highest BCUT2D eigenvalue weighted by Gasteiger charge is 2.05. The highest BCUT2D eigenvalue weighted by Crippen LogP contribution is 2.26. The van der Waals surface area contributed by atoms with E-state index in [4.69, 9.17) is 0 Å². The molecule has 2 aromatic carbocycles. The lowest BCUT2D eigenvalue weighted by Gasteiger charge is -2.03. The van der Waals surface area contributed by atoms with Gasteiger partial charge in [-0.15, -0.1) is 0 Å². The summed E-state index contributed by atoms with van der Waals surface area (Å²) >= 11 is 4.36. The molecule has 0 aliphatic carbocycles. The first-order valence-corrected chi connectivity index (χ1v) is 7.92. The highest BCUT2D eigenvalue weighted by molar-refractivity contribution is 14.1. The van der Waals surface area contributed by atoms with Crippen molar-refractivity contribution >= 4 is 57.1 Å². The number of rotatable bonds is 2. The van der Waals surface area contributed by atoms with Gasteiger partial charge in [0.15, 0.2) is 0 Å². The number of phenols is 1. The van der Waals surface area contributed by atoms with Crippen LogP contribution >= 0.6 is 45.2 Å². The maximum absolute atomic E-state index is 10.0. The first kappa shape index (κ1) is 14.8. The number of aromatic hydroxyl groups is 1. The Labute approximate surface area is 140 Å². The third kappa shape index (κ3) is 3.92. The second kappa shape index (κ2) is 6.21. The molecule has 0 heterocycles. The summed E-state index contributed by atoms with van der Waals surface area (Å²) in [7, 11) is 0. The molecule has 0 unspecified atom stereocenters. The molecular formula is C15H13I2NO.